The molecule has 0 bridgehead atoms. The molecule has 5 N–H and O–H groups in total. The molecule has 0 fully saturated rings. The number of rotatable bonds is 11. The van der Waals surface area contributed by atoms with Gasteiger partial charge < -0.3 is 20.3 Å². The average Bonchev–Trinajstić information content (AvgIpc) is 3.02. The van der Waals surface area contributed by atoms with Gasteiger partial charge in [-0.3, -0.25) is 25.5 Å². The van der Waals surface area contributed by atoms with Gasteiger partial charge in [-0.25, -0.2) is 14.8 Å². The van der Waals surface area contributed by atoms with Gasteiger partial charge in [0.05, 0.1) is 17.9 Å². The third kappa shape index (κ3) is 9.03. The number of fused-ring (bicyclic) bond motifs is 1. The number of ether oxygens (including phenoxy) is 1. The molecule has 12 heteroatoms. The number of aromatic nitrogens is 3. The Balaban J connectivity index is 1.50. The monoisotopic (exact) mass is 643 g/mol. The van der Waals surface area contributed by atoms with Crippen LogP contribution in [0.25, 0.3) is 0 Å². The Bertz CT molecular complexity index is 1640. The summed E-state index contributed by atoms with van der Waals surface area (Å²) in [7, 11) is 3.86. The summed E-state index contributed by atoms with van der Waals surface area (Å²) in [5.74, 6) is 0.886. The lowest BCUT2D eigenvalue weighted by Gasteiger charge is -2.32. The zero-order valence-corrected chi connectivity index (χ0v) is 28.6. The van der Waals surface area contributed by atoms with E-state index in [0.29, 0.717) is 43.2 Å². The summed E-state index contributed by atoms with van der Waals surface area (Å²) in [5.41, 5.74) is 2.42. The van der Waals surface area contributed by atoms with E-state index in [-0.39, 0.29) is 40.6 Å². The SMILES string of the molecule is CCC(CC)C(=N)n1cc(OC2CCC(NC(=O)Nc3cc(C(C)(C)C)nc(C(=O)NCCN(C)C)n3)c3ccccc32)ccc1=N. The molecule has 2 atom stereocenters. The van der Waals surface area contributed by atoms with Crippen molar-refractivity contribution in [2.45, 2.75) is 77.9 Å². The van der Waals surface area contributed by atoms with Crippen LogP contribution in [0.15, 0.2) is 48.7 Å². The Labute approximate surface area is 277 Å². The topological polar surface area (TPSA) is 161 Å². The highest BCUT2D eigenvalue weighted by atomic mass is 16.5. The molecule has 0 saturated heterocycles. The Morgan fingerprint density at radius 1 is 1.06 bits per heavy atom. The van der Waals surface area contributed by atoms with Gasteiger partial charge in [0.1, 0.15) is 29.0 Å². The summed E-state index contributed by atoms with van der Waals surface area (Å²) in [4.78, 5) is 37.0. The summed E-state index contributed by atoms with van der Waals surface area (Å²) in [6.45, 7) is 11.2. The largest absolute Gasteiger partial charge is 0.484 e. The van der Waals surface area contributed by atoms with Crippen LogP contribution in [-0.2, 0) is 5.41 Å². The first-order valence-electron chi connectivity index (χ1n) is 16.3. The van der Waals surface area contributed by atoms with Crippen LogP contribution < -0.4 is 26.2 Å². The number of hydrogen-bond donors (Lipinski definition) is 5. The number of urea groups is 1. The van der Waals surface area contributed by atoms with Crippen LogP contribution in [0.4, 0.5) is 10.6 Å². The minimum atomic E-state index is -0.436. The second-order valence-electron chi connectivity index (χ2n) is 13.3. The lowest BCUT2D eigenvalue weighted by Crippen LogP contribution is -2.36. The van der Waals surface area contributed by atoms with E-state index in [0.717, 1.165) is 24.0 Å². The van der Waals surface area contributed by atoms with E-state index >= 15 is 0 Å². The van der Waals surface area contributed by atoms with Crippen molar-refractivity contribution in [3.05, 3.63) is 76.8 Å². The fourth-order valence-corrected chi connectivity index (χ4v) is 5.59. The molecule has 1 aliphatic carbocycles. The van der Waals surface area contributed by atoms with Crippen LogP contribution in [0.5, 0.6) is 5.75 Å². The Hall–Kier alpha value is -4.58. The molecule has 47 heavy (non-hydrogen) atoms. The molecule has 3 aromatic rings. The van der Waals surface area contributed by atoms with Gasteiger partial charge in [-0.2, -0.15) is 0 Å². The smallest absolute Gasteiger partial charge is 0.320 e. The van der Waals surface area contributed by atoms with Gasteiger partial charge in [-0.15, -0.1) is 0 Å². The summed E-state index contributed by atoms with van der Waals surface area (Å²) in [6, 6.07) is 12.3. The number of likely N-dealkylation sites (N-methyl/N-ethyl adjacent to an activating group) is 1. The lowest BCUT2D eigenvalue weighted by molar-refractivity contribution is 0.0940. The summed E-state index contributed by atoms with van der Waals surface area (Å²) >= 11 is 0. The maximum Gasteiger partial charge on any atom is 0.320 e. The van der Waals surface area contributed by atoms with Crippen molar-refractivity contribution in [2.75, 3.05) is 32.5 Å². The van der Waals surface area contributed by atoms with Gasteiger partial charge in [-0.05, 0) is 63.0 Å². The number of nitrogens with one attached hydrogen (secondary N) is 5. The van der Waals surface area contributed by atoms with E-state index in [1.807, 2.05) is 64.0 Å². The molecule has 0 spiro atoms. The van der Waals surface area contributed by atoms with Crippen LogP contribution in [0, 0.1) is 16.7 Å². The van der Waals surface area contributed by atoms with Crippen molar-refractivity contribution in [3.63, 3.8) is 0 Å². The fourth-order valence-electron chi connectivity index (χ4n) is 5.59. The first kappa shape index (κ1) is 35.3. The number of hydrogen-bond acceptors (Lipinski definition) is 8. The molecule has 12 nitrogen and oxygen atoms in total. The maximum absolute atomic E-state index is 13.3. The highest BCUT2D eigenvalue weighted by Gasteiger charge is 2.30. The average molecular weight is 644 g/mol. The highest BCUT2D eigenvalue weighted by molar-refractivity contribution is 5.92. The quantitative estimate of drug-likeness (QED) is 0.139. The maximum atomic E-state index is 13.3. The number of carbonyl (C=O) groups excluding carboxylic acids is 2. The van der Waals surface area contributed by atoms with E-state index in [1.165, 1.54) is 0 Å². The first-order valence-corrected chi connectivity index (χ1v) is 16.3. The number of nitrogens with zero attached hydrogens (tertiary/aromatic N) is 4. The Morgan fingerprint density at radius 3 is 2.43 bits per heavy atom. The first-order chi connectivity index (χ1) is 22.3. The molecule has 1 aromatic carbocycles. The fraction of sp³-hybridized carbons (Fsp3) is 0.486. The number of anilines is 1. The summed E-state index contributed by atoms with van der Waals surface area (Å²) < 4.78 is 8.05. The Morgan fingerprint density at radius 2 is 1.77 bits per heavy atom. The van der Waals surface area contributed by atoms with E-state index in [2.05, 4.69) is 39.8 Å². The number of amides is 3. The molecule has 3 amide bonds. The summed E-state index contributed by atoms with van der Waals surface area (Å²) in [5, 5.41) is 25.8. The number of carbonyl (C=O) groups is 2. The minimum Gasteiger partial charge on any atom is -0.484 e. The van der Waals surface area contributed by atoms with Gasteiger partial charge in [0.2, 0.25) is 5.82 Å². The standard InChI is InChI=1S/C35H49N9O3/c1-8-22(9-2)31(37)44-21-23(14-17-29(44)36)47-27-16-15-26(24-12-10-11-13-25(24)27)39-34(46)42-30-20-28(35(3,4)5)40-32(41-30)33(45)38-18-19-43(6)7/h10-14,17,20-22,26-27,36-37H,8-9,15-16,18-19H2,1-7H3,(H,38,45)(H2,39,40,41,42,46). The van der Waals surface area contributed by atoms with E-state index < -0.39 is 11.9 Å². The zero-order chi connectivity index (χ0) is 34.3. The van der Waals surface area contributed by atoms with Crippen LogP contribution >= 0.6 is 0 Å². The van der Waals surface area contributed by atoms with Gasteiger partial charge in [0.15, 0.2) is 0 Å². The molecule has 252 valence electrons. The van der Waals surface area contributed by atoms with Gasteiger partial charge in [0.25, 0.3) is 5.91 Å². The Kier molecular flexibility index (Phi) is 11.5. The van der Waals surface area contributed by atoms with Crippen molar-refractivity contribution < 1.29 is 14.3 Å². The predicted molar refractivity (Wildman–Crippen MR) is 183 cm³/mol. The van der Waals surface area contributed by atoms with Crippen molar-refractivity contribution >= 4 is 23.6 Å². The van der Waals surface area contributed by atoms with Crippen LogP contribution in [0.3, 0.4) is 0 Å². The number of benzene rings is 1. The van der Waals surface area contributed by atoms with Crippen molar-refractivity contribution in [2.24, 2.45) is 5.92 Å². The predicted octanol–water partition coefficient (Wildman–Crippen LogP) is 5.38. The van der Waals surface area contributed by atoms with Crippen molar-refractivity contribution in [3.8, 4) is 5.75 Å². The van der Waals surface area contributed by atoms with E-state index in [4.69, 9.17) is 15.6 Å². The molecule has 2 heterocycles. The molecule has 1 aliphatic rings. The highest BCUT2D eigenvalue weighted by Crippen LogP contribution is 2.38. The van der Waals surface area contributed by atoms with E-state index in [1.54, 1.807) is 29.0 Å². The zero-order valence-electron chi connectivity index (χ0n) is 28.6. The molecule has 0 aliphatic heterocycles. The molecular formula is C35H49N9O3. The normalized spacial score (nSPS) is 16.0. The second-order valence-corrected chi connectivity index (χ2v) is 13.3. The lowest BCUT2D eigenvalue weighted by atomic mass is 9.85. The molecule has 4 rings (SSSR count). The molecule has 0 radical (unpaired) electrons. The van der Waals surface area contributed by atoms with Gasteiger partial charge in [-0.1, -0.05) is 58.9 Å². The van der Waals surface area contributed by atoms with Gasteiger partial charge >= 0.3 is 6.03 Å². The molecule has 2 unspecified atom stereocenters. The third-order valence-electron chi connectivity index (χ3n) is 8.36. The number of pyridine rings is 1. The third-order valence-corrected chi connectivity index (χ3v) is 8.36. The minimum absolute atomic E-state index is 0.00398. The van der Waals surface area contributed by atoms with E-state index in [9.17, 15) is 9.59 Å². The van der Waals surface area contributed by atoms with Crippen molar-refractivity contribution in [1.29, 1.82) is 10.8 Å². The molecular weight excluding hydrogens is 594 g/mol. The van der Waals surface area contributed by atoms with Gasteiger partial charge in [0, 0.05) is 30.5 Å². The van der Waals surface area contributed by atoms with Crippen LogP contribution in [0.1, 0.15) is 99.9 Å². The van der Waals surface area contributed by atoms with Crippen LogP contribution in [0.2, 0.25) is 0 Å². The van der Waals surface area contributed by atoms with Crippen molar-refractivity contribution in [1.82, 2.24) is 30.1 Å². The second kappa shape index (κ2) is 15.3. The molecule has 0 saturated carbocycles. The molecule has 2 aromatic heterocycles. The van der Waals surface area contributed by atoms with Crippen LogP contribution in [-0.4, -0.2) is 64.4 Å². The summed E-state index contributed by atoms with van der Waals surface area (Å²) in [6.07, 6.45) is 4.40.